The van der Waals surface area contributed by atoms with Crippen LogP contribution in [0.25, 0.3) is 0 Å². The van der Waals surface area contributed by atoms with E-state index >= 15 is 0 Å². The van der Waals surface area contributed by atoms with E-state index in [1.165, 1.54) is 51.4 Å². The predicted molar refractivity (Wildman–Crippen MR) is 74.6 cm³/mol. The lowest BCUT2D eigenvalue weighted by Crippen LogP contribution is -2.13. The van der Waals surface area contributed by atoms with Gasteiger partial charge in [-0.3, -0.25) is 16.1 Å². The minimum absolute atomic E-state index is 0.0301. The number of carbonyl (C=O) groups excluding carboxylic acids is 1. The first-order valence-electron chi connectivity index (χ1n) is 6.87. The van der Waals surface area contributed by atoms with E-state index in [-0.39, 0.29) is 5.89 Å². The zero-order chi connectivity index (χ0) is 14.3. The van der Waals surface area contributed by atoms with E-state index < -0.39 is 0 Å². The Kier molecular flexibility index (Phi) is 12.3. The monoisotopic (exact) mass is 270 g/mol. The molecule has 0 unspecified atom stereocenters. The molecule has 19 heavy (non-hydrogen) atoms. The highest BCUT2D eigenvalue weighted by molar-refractivity contribution is 5.66. The van der Waals surface area contributed by atoms with E-state index in [4.69, 9.17) is 0 Å². The SMILES string of the molecule is C1CCCCCCC1.CNN.Cc1noc(C=O)n1. The van der Waals surface area contributed by atoms with Crippen LogP contribution in [0.3, 0.4) is 0 Å². The first-order chi connectivity index (χ1) is 9.24. The molecule has 0 saturated heterocycles. The predicted octanol–water partition coefficient (Wildman–Crippen LogP) is 2.39. The Balaban J connectivity index is 0.000000284. The normalized spacial score (nSPS) is 14.9. The summed E-state index contributed by atoms with van der Waals surface area (Å²) in [6, 6.07) is 0. The third-order valence-electron chi connectivity index (χ3n) is 2.64. The molecule has 1 aromatic rings. The number of nitrogens with zero attached hydrogens (tertiary/aromatic N) is 2. The molecule has 0 spiro atoms. The highest BCUT2D eigenvalue weighted by atomic mass is 16.5. The van der Waals surface area contributed by atoms with Gasteiger partial charge in [0.1, 0.15) is 0 Å². The standard InChI is InChI=1S/C8H16.C4H4N2O2.CH6N2/c1-2-4-6-8-7-5-3-1;1-3-5-4(2-7)8-6-3;1-3-2/h1-8H2;2H,1H3;3H,2H2,1H3. The molecule has 110 valence electrons. The number of hydrazine groups is 1. The Bertz CT molecular complexity index is 291. The molecule has 2 rings (SSSR count). The number of hydrogen-bond acceptors (Lipinski definition) is 6. The smallest absolute Gasteiger partial charge is 0.290 e. The quantitative estimate of drug-likeness (QED) is 0.462. The van der Waals surface area contributed by atoms with E-state index in [0.717, 1.165) is 0 Å². The van der Waals surface area contributed by atoms with Gasteiger partial charge in [-0.15, -0.1) is 0 Å². The molecule has 1 fully saturated rings. The maximum absolute atomic E-state index is 9.82. The molecule has 0 radical (unpaired) electrons. The molecule has 6 heteroatoms. The van der Waals surface area contributed by atoms with Gasteiger partial charge >= 0.3 is 0 Å². The van der Waals surface area contributed by atoms with Crippen LogP contribution >= 0.6 is 0 Å². The second-order valence-electron chi connectivity index (χ2n) is 4.41. The lowest BCUT2D eigenvalue weighted by Gasteiger charge is -2.05. The van der Waals surface area contributed by atoms with Crippen molar-refractivity contribution in [1.82, 2.24) is 15.6 Å². The number of nitrogens with one attached hydrogen (secondary N) is 1. The Morgan fingerprint density at radius 2 is 1.47 bits per heavy atom. The van der Waals surface area contributed by atoms with E-state index in [1.807, 2.05) is 0 Å². The average molecular weight is 270 g/mol. The summed E-state index contributed by atoms with van der Waals surface area (Å²) in [5.74, 6) is 5.11. The number of aromatic nitrogens is 2. The summed E-state index contributed by atoms with van der Waals surface area (Å²) < 4.78 is 4.38. The lowest BCUT2D eigenvalue weighted by atomic mass is 10.0. The fourth-order valence-electron chi connectivity index (χ4n) is 1.78. The van der Waals surface area contributed by atoms with Gasteiger partial charge < -0.3 is 4.52 Å². The molecule has 6 nitrogen and oxygen atoms in total. The fraction of sp³-hybridized carbons (Fsp3) is 0.769. The summed E-state index contributed by atoms with van der Waals surface area (Å²) >= 11 is 0. The van der Waals surface area contributed by atoms with Crippen LogP contribution in [0.1, 0.15) is 67.9 Å². The highest BCUT2D eigenvalue weighted by Gasteiger charge is 1.96. The van der Waals surface area contributed by atoms with Crippen molar-refractivity contribution in [1.29, 1.82) is 0 Å². The molecule has 3 N–H and O–H groups in total. The van der Waals surface area contributed by atoms with Crippen molar-refractivity contribution in [2.75, 3.05) is 7.05 Å². The molecule has 0 amide bonds. The Hall–Kier alpha value is -1.27. The number of hydrogen-bond donors (Lipinski definition) is 2. The minimum Gasteiger partial charge on any atom is -0.331 e. The molecular weight excluding hydrogens is 244 g/mol. The topological polar surface area (TPSA) is 94.0 Å². The van der Waals surface area contributed by atoms with Gasteiger partial charge in [-0.05, 0) is 14.0 Å². The van der Waals surface area contributed by atoms with Crippen LogP contribution in [0.4, 0.5) is 0 Å². The average Bonchev–Trinajstić information content (AvgIpc) is 2.76. The van der Waals surface area contributed by atoms with Gasteiger partial charge in [-0.1, -0.05) is 56.5 Å². The molecule has 1 aromatic heterocycles. The minimum atomic E-state index is 0.0301. The largest absolute Gasteiger partial charge is 0.331 e. The van der Waals surface area contributed by atoms with E-state index in [2.05, 4.69) is 25.9 Å². The van der Waals surface area contributed by atoms with Gasteiger partial charge in [-0.25, -0.2) is 0 Å². The van der Waals surface area contributed by atoms with Crippen molar-refractivity contribution >= 4 is 6.29 Å². The number of rotatable bonds is 1. The highest BCUT2D eigenvalue weighted by Crippen LogP contribution is 2.15. The molecule has 1 aliphatic carbocycles. The molecule has 1 saturated carbocycles. The Morgan fingerprint density at radius 1 is 1.11 bits per heavy atom. The summed E-state index contributed by atoms with van der Waals surface area (Å²) in [6.07, 6.45) is 12.5. The molecule has 0 aliphatic heterocycles. The zero-order valence-corrected chi connectivity index (χ0v) is 12.0. The van der Waals surface area contributed by atoms with Crippen LogP contribution in [0.15, 0.2) is 4.52 Å². The van der Waals surface area contributed by atoms with Crippen molar-refractivity contribution in [3.05, 3.63) is 11.7 Å². The molecule has 1 heterocycles. The Labute approximate surface area is 115 Å². The second kappa shape index (κ2) is 13.2. The Morgan fingerprint density at radius 3 is 1.63 bits per heavy atom. The maximum atomic E-state index is 9.82. The van der Waals surface area contributed by atoms with Crippen molar-refractivity contribution < 1.29 is 9.32 Å². The third-order valence-corrected chi connectivity index (χ3v) is 2.64. The maximum Gasteiger partial charge on any atom is 0.290 e. The van der Waals surface area contributed by atoms with Gasteiger partial charge in [0, 0.05) is 0 Å². The van der Waals surface area contributed by atoms with Crippen molar-refractivity contribution in [3.63, 3.8) is 0 Å². The van der Waals surface area contributed by atoms with E-state index in [0.29, 0.717) is 12.1 Å². The van der Waals surface area contributed by atoms with Crippen LogP contribution in [0, 0.1) is 6.92 Å². The van der Waals surface area contributed by atoms with Crippen LogP contribution < -0.4 is 11.3 Å². The van der Waals surface area contributed by atoms with Gasteiger partial charge in [-0.2, -0.15) is 4.98 Å². The molecule has 0 bridgehead atoms. The number of carbonyl (C=O) groups is 1. The zero-order valence-electron chi connectivity index (χ0n) is 12.0. The van der Waals surface area contributed by atoms with Crippen molar-refractivity contribution in [2.24, 2.45) is 5.84 Å². The molecular formula is C13H26N4O2. The molecule has 1 aliphatic rings. The lowest BCUT2D eigenvalue weighted by molar-refractivity contribution is 0.108. The van der Waals surface area contributed by atoms with Gasteiger partial charge in [0.05, 0.1) is 0 Å². The number of aryl methyl sites for hydroxylation is 1. The third kappa shape index (κ3) is 11.5. The summed E-state index contributed by atoms with van der Waals surface area (Å²) in [6.45, 7) is 1.65. The van der Waals surface area contributed by atoms with E-state index in [1.54, 1.807) is 14.0 Å². The summed E-state index contributed by atoms with van der Waals surface area (Å²) in [5, 5.41) is 3.37. The van der Waals surface area contributed by atoms with Gasteiger partial charge in [0.2, 0.25) is 6.29 Å². The summed E-state index contributed by atoms with van der Waals surface area (Å²) in [4.78, 5) is 13.4. The number of aldehydes is 1. The van der Waals surface area contributed by atoms with Crippen LogP contribution in [0.5, 0.6) is 0 Å². The molecule has 0 atom stereocenters. The first kappa shape index (κ1) is 17.7. The summed E-state index contributed by atoms with van der Waals surface area (Å²) in [7, 11) is 1.65. The van der Waals surface area contributed by atoms with E-state index in [9.17, 15) is 4.79 Å². The van der Waals surface area contributed by atoms with Crippen LogP contribution in [0.2, 0.25) is 0 Å². The van der Waals surface area contributed by atoms with Crippen LogP contribution in [-0.4, -0.2) is 23.5 Å². The summed E-state index contributed by atoms with van der Waals surface area (Å²) in [5.41, 5.74) is 2.25. The molecule has 0 aromatic carbocycles. The second-order valence-corrected chi connectivity index (χ2v) is 4.41. The first-order valence-corrected chi connectivity index (χ1v) is 6.87. The van der Waals surface area contributed by atoms with Crippen molar-refractivity contribution in [3.8, 4) is 0 Å². The fourth-order valence-corrected chi connectivity index (χ4v) is 1.78. The van der Waals surface area contributed by atoms with Gasteiger partial charge in [0.25, 0.3) is 5.89 Å². The van der Waals surface area contributed by atoms with Crippen LogP contribution in [-0.2, 0) is 0 Å². The van der Waals surface area contributed by atoms with Gasteiger partial charge in [0.15, 0.2) is 5.82 Å². The number of nitrogens with two attached hydrogens (primary N) is 1. The van der Waals surface area contributed by atoms with Crippen molar-refractivity contribution in [2.45, 2.75) is 58.3 Å².